The second kappa shape index (κ2) is 7.87. The molecule has 0 aliphatic heterocycles. The molecule has 11 heteroatoms. The van der Waals surface area contributed by atoms with Gasteiger partial charge in [-0.2, -0.15) is 9.37 Å². The molecule has 0 unspecified atom stereocenters. The van der Waals surface area contributed by atoms with Gasteiger partial charge in [0.05, 0.1) is 4.90 Å². The second-order valence-electron chi connectivity index (χ2n) is 5.83. The van der Waals surface area contributed by atoms with Crippen LogP contribution in [0.1, 0.15) is 25.3 Å². The highest BCUT2D eigenvalue weighted by Gasteiger charge is 2.30. The number of carbonyl (C=O) groups is 1. The minimum Gasteiger partial charge on any atom is -0.508 e. The van der Waals surface area contributed by atoms with Crippen LogP contribution in [0.3, 0.4) is 0 Å². The summed E-state index contributed by atoms with van der Waals surface area (Å²) in [6, 6.07) is 3.57. The zero-order valence-corrected chi connectivity index (χ0v) is 16.5. The van der Waals surface area contributed by atoms with Crippen molar-refractivity contribution >= 4 is 44.8 Å². The average molecular weight is 437 g/mol. The van der Waals surface area contributed by atoms with Gasteiger partial charge in [-0.15, -0.1) is 0 Å². The van der Waals surface area contributed by atoms with Crippen molar-refractivity contribution in [2.75, 3.05) is 11.9 Å². The Morgan fingerprint density at radius 1 is 1.30 bits per heavy atom. The van der Waals surface area contributed by atoms with Crippen molar-refractivity contribution in [3.63, 3.8) is 0 Å². The molecule has 0 saturated heterocycles. The van der Waals surface area contributed by atoms with Gasteiger partial charge < -0.3 is 15.5 Å². The van der Waals surface area contributed by atoms with Crippen LogP contribution in [0, 0.1) is 5.95 Å². The van der Waals surface area contributed by atoms with Crippen LogP contribution in [-0.2, 0) is 14.6 Å². The number of rotatable bonds is 6. The first kappa shape index (κ1) is 21.2. The summed E-state index contributed by atoms with van der Waals surface area (Å²) in [5.41, 5.74) is 0.363. The lowest BCUT2D eigenvalue weighted by atomic mass is 10.0. The Hall–Kier alpha value is -2.10. The van der Waals surface area contributed by atoms with Crippen LogP contribution in [0.2, 0.25) is 10.0 Å². The van der Waals surface area contributed by atoms with Gasteiger partial charge in [0.2, 0.25) is 15.8 Å². The van der Waals surface area contributed by atoms with E-state index in [9.17, 15) is 22.7 Å². The largest absolute Gasteiger partial charge is 0.508 e. The number of carboxylic acids is 1. The van der Waals surface area contributed by atoms with Crippen LogP contribution in [0.4, 0.5) is 10.2 Å². The first-order chi connectivity index (χ1) is 12.5. The molecule has 2 aromatic rings. The summed E-state index contributed by atoms with van der Waals surface area (Å²) in [7, 11) is -4.40. The molecule has 2 rings (SSSR count). The normalized spacial score (nSPS) is 11.6. The third kappa shape index (κ3) is 4.26. The molecule has 1 aromatic carbocycles. The quantitative estimate of drug-likeness (QED) is 0.591. The van der Waals surface area contributed by atoms with Gasteiger partial charge in [0.15, 0.2) is 0 Å². The number of sulfone groups is 1. The third-order valence-corrected chi connectivity index (χ3v) is 6.36. The SMILES string of the molecule is CC(C)c1cc(S(=O)(=O)c2c(Cl)c(F)nc(NCC(=O)O)c2Cl)ccc1O. The van der Waals surface area contributed by atoms with Gasteiger partial charge in [-0.3, -0.25) is 4.79 Å². The predicted octanol–water partition coefficient (Wildman–Crippen LogP) is 3.69. The molecule has 0 saturated carbocycles. The number of aliphatic carboxylic acids is 1. The van der Waals surface area contributed by atoms with Gasteiger partial charge in [0.1, 0.15) is 33.1 Å². The molecule has 0 amide bonds. The number of hydrogen-bond acceptors (Lipinski definition) is 6. The summed E-state index contributed by atoms with van der Waals surface area (Å²) in [5.74, 6) is -3.36. The maximum atomic E-state index is 14.1. The molecule has 0 atom stereocenters. The van der Waals surface area contributed by atoms with Gasteiger partial charge in [-0.05, 0) is 29.7 Å². The van der Waals surface area contributed by atoms with E-state index in [-0.39, 0.29) is 16.6 Å². The monoisotopic (exact) mass is 436 g/mol. The van der Waals surface area contributed by atoms with Crippen molar-refractivity contribution in [1.82, 2.24) is 4.98 Å². The molecule has 0 bridgehead atoms. The minimum absolute atomic E-state index is 0.0918. The molecule has 7 nitrogen and oxygen atoms in total. The minimum atomic E-state index is -4.40. The fourth-order valence-corrected chi connectivity index (χ4v) is 4.70. The molecular weight excluding hydrogens is 422 g/mol. The molecule has 0 aliphatic carbocycles. The van der Waals surface area contributed by atoms with Gasteiger partial charge in [-0.25, -0.2) is 8.42 Å². The molecule has 0 aliphatic rings. The first-order valence-electron chi connectivity index (χ1n) is 7.55. The number of benzene rings is 1. The molecule has 0 radical (unpaired) electrons. The van der Waals surface area contributed by atoms with Crippen molar-refractivity contribution in [2.24, 2.45) is 0 Å². The summed E-state index contributed by atoms with van der Waals surface area (Å²) in [5, 5.41) is 19.5. The van der Waals surface area contributed by atoms with Crippen LogP contribution >= 0.6 is 23.2 Å². The van der Waals surface area contributed by atoms with Crippen LogP contribution < -0.4 is 5.32 Å². The van der Waals surface area contributed by atoms with E-state index in [0.29, 0.717) is 5.56 Å². The van der Waals surface area contributed by atoms with E-state index in [1.165, 1.54) is 12.1 Å². The Labute approximate surface area is 164 Å². The highest BCUT2D eigenvalue weighted by molar-refractivity contribution is 7.91. The molecule has 0 spiro atoms. The third-order valence-electron chi connectivity index (χ3n) is 3.60. The summed E-state index contributed by atoms with van der Waals surface area (Å²) < 4.78 is 40.1. The van der Waals surface area contributed by atoms with Crippen LogP contribution in [0.15, 0.2) is 28.0 Å². The number of anilines is 1. The van der Waals surface area contributed by atoms with Crippen molar-refractivity contribution in [1.29, 1.82) is 0 Å². The topological polar surface area (TPSA) is 117 Å². The Morgan fingerprint density at radius 3 is 2.48 bits per heavy atom. The lowest BCUT2D eigenvalue weighted by Gasteiger charge is -2.15. The summed E-state index contributed by atoms with van der Waals surface area (Å²) in [6.07, 6.45) is 0. The average Bonchev–Trinajstić information content (AvgIpc) is 2.56. The number of hydrogen-bond donors (Lipinski definition) is 3. The van der Waals surface area contributed by atoms with Crippen LogP contribution in [0.25, 0.3) is 0 Å². The molecule has 27 heavy (non-hydrogen) atoms. The fourth-order valence-electron chi connectivity index (χ4n) is 2.29. The zero-order valence-electron chi connectivity index (χ0n) is 14.1. The van der Waals surface area contributed by atoms with Gasteiger partial charge in [-0.1, -0.05) is 37.0 Å². The Bertz CT molecular complexity index is 1010. The summed E-state index contributed by atoms with van der Waals surface area (Å²) >= 11 is 11.8. The van der Waals surface area contributed by atoms with Crippen molar-refractivity contribution < 1.29 is 27.8 Å². The van der Waals surface area contributed by atoms with E-state index in [1.807, 2.05) is 0 Å². The number of carboxylic acid groups (broad SMARTS) is 1. The Kier molecular flexibility index (Phi) is 6.18. The van der Waals surface area contributed by atoms with E-state index >= 15 is 0 Å². The van der Waals surface area contributed by atoms with Gasteiger partial charge in [0, 0.05) is 0 Å². The number of pyridine rings is 1. The standard InChI is InChI=1S/C16H15Cl2FN2O5S/c1-7(2)9-5-8(3-4-10(9)22)27(25,26)14-12(17)15(19)21-16(13(14)18)20-6-11(23)24/h3-5,7,22H,6H2,1-2H3,(H,20,21)(H,23,24). The summed E-state index contributed by atoms with van der Waals surface area (Å²) in [6.45, 7) is 2.85. The number of nitrogens with zero attached hydrogens (tertiary/aromatic N) is 1. The molecule has 1 heterocycles. The number of aromatic nitrogens is 1. The second-order valence-corrected chi connectivity index (χ2v) is 8.48. The van der Waals surface area contributed by atoms with E-state index in [1.54, 1.807) is 13.8 Å². The molecule has 0 fully saturated rings. The van der Waals surface area contributed by atoms with Crippen molar-refractivity contribution in [3.05, 3.63) is 39.8 Å². The van der Waals surface area contributed by atoms with Crippen LogP contribution in [0.5, 0.6) is 5.75 Å². The van der Waals surface area contributed by atoms with Gasteiger partial charge in [0.25, 0.3) is 0 Å². The van der Waals surface area contributed by atoms with Gasteiger partial charge >= 0.3 is 5.97 Å². The number of halogens is 3. The highest BCUT2D eigenvalue weighted by Crippen LogP contribution is 2.39. The number of phenolic OH excluding ortho intramolecular Hbond substituents is 1. The molecule has 1 aromatic heterocycles. The first-order valence-corrected chi connectivity index (χ1v) is 9.78. The lowest BCUT2D eigenvalue weighted by molar-refractivity contribution is -0.134. The van der Waals surface area contributed by atoms with Crippen LogP contribution in [-0.4, -0.2) is 36.1 Å². The fraction of sp³-hybridized carbons (Fsp3) is 0.250. The Balaban J connectivity index is 2.69. The maximum absolute atomic E-state index is 14.1. The lowest BCUT2D eigenvalue weighted by Crippen LogP contribution is -2.16. The Morgan fingerprint density at radius 2 is 1.93 bits per heavy atom. The number of aromatic hydroxyl groups is 1. The summed E-state index contributed by atoms with van der Waals surface area (Å²) in [4.78, 5) is 13.0. The predicted molar refractivity (Wildman–Crippen MR) is 98.0 cm³/mol. The maximum Gasteiger partial charge on any atom is 0.322 e. The molecule has 3 N–H and O–H groups in total. The smallest absolute Gasteiger partial charge is 0.322 e. The number of nitrogens with one attached hydrogen (secondary N) is 1. The zero-order chi connectivity index (χ0) is 20.5. The van der Waals surface area contributed by atoms with Crippen molar-refractivity contribution in [3.8, 4) is 5.75 Å². The van der Waals surface area contributed by atoms with E-state index in [0.717, 1.165) is 6.07 Å². The molecule has 146 valence electrons. The molecular formula is C16H15Cl2FN2O5S. The number of phenols is 1. The van der Waals surface area contributed by atoms with E-state index in [2.05, 4.69) is 10.3 Å². The van der Waals surface area contributed by atoms with E-state index in [4.69, 9.17) is 28.3 Å². The highest BCUT2D eigenvalue weighted by atomic mass is 35.5. The van der Waals surface area contributed by atoms with E-state index < -0.39 is 49.1 Å². The van der Waals surface area contributed by atoms with Crippen molar-refractivity contribution in [2.45, 2.75) is 29.6 Å².